The van der Waals surface area contributed by atoms with Crippen molar-refractivity contribution in [2.75, 3.05) is 11.5 Å². The molecule has 22 heavy (non-hydrogen) atoms. The van der Waals surface area contributed by atoms with Gasteiger partial charge in [-0.2, -0.15) is 11.8 Å². The molecule has 1 aliphatic heterocycles. The van der Waals surface area contributed by atoms with Gasteiger partial charge in [-0.3, -0.25) is 0 Å². The highest BCUT2D eigenvalue weighted by molar-refractivity contribution is 7.99. The summed E-state index contributed by atoms with van der Waals surface area (Å²) in [6.07, 6.45) is 3.39. The normalized spacial score (nSPS) is 40.0. The number of aliphatic carboxylic acids is 1. The maximum atomic E-state index is 10.6. The molecule has 4 aliphatic rings. The molecule has 5 atom stereocenters. The van der Waals surface area contributed by atoms with Crippen LogP contribution in [-0.4, -0.2) is 42.3 Å². The summed E-state index contributed by atoms with van der Waals surface area (Å²) in [6.45, 7) is 6.93. The highest BCUT2D eigenvalue weighted by Crippen LogP contribution is 2.65. The van der Waals surface area contributed by atoms with Gasteiger partial charge in [-0.25, -0.2) is 0 Å². The minimum Gasteiger partial charge on any atom is -0.544 e. The Morgan fingerprint density at radius 3 is 2.82 bits per heavy atom. The van der Waals surface area contributed by atoms with Crippen molar-refractivity contribution in [2.24, 2.45) is 17.3 Å². The number of carbonyl (C=O) groups is 1. The molecule has 0 aromatic rings. The summed E-state index contributed by atoms with van der Waals surface area (Å²) in [7, 11) is -0.149. The van der Waals surface area contributed by atoms with E-state index in [0.29, 0.717) is 17.1 Å². The van der Waals surface area contributed by atoms with Crippen molar-refractivity contribution >= 4 is 24.8 Å². The average molecular weight is 327 g/mol. The smallest absolute Gasteiger partial charge is 0.458 e. The summed E-state index contributed by atoms with van der Waals surface area (Å²) in [5, 5.41) is 10.6. The van der Waals surface area contributed by atoms with Crippen molar-refractivity contribution in [2.45, 2.75) is 57.7 Å². The first kappa shape index (κ1) is 16.6. The fraction of sp³-hybridized carbons (Fsp3) is 0.933. The van der Waals surface area contributed by atoms with Crippen LogP contribution in [0.5, 0.6) is 0 Å². The monoisotopic (exact) mass is 327 g/mol. The van der Waals surface area contributed by atoms with E-state index in [9.17, 15) is 9.90 Å². The van der Waals surface area contributed by atoms with E-state index in [1.165, 1.54) is 6.42 Å². The summed E-state index contributed by atoms with van der Waals surface area (Å²) in [5.74, 6) is 1.57. The Morgan fingerprint density at radius 2 is 2.18 bits per heavy atom. The maximum Gasteiger partial charge on any atom is 0.458 e. The Hall–Kier alpha value is -0.235. The second-order valence-electron chi connectivity index (χ2n) is 7.78. The number of rotatable bonds is 6. The lowest BCUT2D eigenvalue weighted by molar-refractivity contribution is -0.431. The molecule has 0 amide bonds. The van der Waals surface area contributed by atoms with E-state index in [1.807, 2.05) is 0 Å². The molecule has 0 spiro atoms. The molecule has 4 fully saturated rings. The highest BCUT2D eigenvalue weighted by atomic mass is 32.2. The second kappa shape index (κ2) is 5.69. The Morgan fingerprint density at radius 1 is 1.45 bits per heavy atom. The minimum absolute atomic E-state index is 0.145. The first-order valence-electron chi connectivity index (χ1n) is 8.20. The topological polar surface area (TPSA) is 86.2 Å². The lowest BCUT2D eigenvalue weighted by atomic mass is 9.43. The van der Waals surface area contributed by atoms with E-state index in [0.717, 1.165) is 24.4 Å². The van der Waals surface area contributed by atoms with Crippen LogP contribution < -0.4 is 10.8 Å². The standard InChI is InChI=1S/C15H26BNO4S/c1-14(2)9-6-11(14)15(3)12(7-9)20-16(21-15)4-5-22-8-10(17)13(18)19/h9-12H,4-8,17H2,1-3H3,(H,18,19)/t9?,10?,11?,12-,15+/m1/s1. The van der Waals surface area contributed by atoms with Crippen molar-refractivity contribution in [3.05, 3.63) is 0 Å². The lowest BCUT2D eigenvalue weighted by Crippen LogP contribution is -2.69. The van der Waals surface area contributed by atoms with Crippen LogP contribution >= 0.6 is 11.8 Å². The number of carbonyl (C=O) groups excluding carboxylic acids is 1. The van der Waals surface area contributed by atoms with E-state index in [-0.39, 0.29) is 18.8 Å². The van der Waals surface area contributed by atoms with Crippen LogP contribution in [0.3, 0.4) is 0 Å². The van der Waals surface area contributed by atoms with E-state index < -0.39 is 12.0 Å². The number of thioether (sulfide) groups is 1. The Kier molecular flexibility index (Phi) is 4.30. The Balaban J connectivity index is 1.48. The third-order valence-electron chi connectivity index (χ3n) is 6.15. The molecule has 0 aromatic heterocycles. The van der Waals surface area contributed by atoms with Gasteiger partial charge in [-0.05, 0) is 49.1 Å². The highest BCUT2D eigenvalue weighted by Gasteiger charge is 2.67. The molecular formula is C15H26BNO4S. The molecule has 5 nitrogen and oxygen atoms in total. The summed E-state index contributed by atoms with van der Waals surface area (Å²) >= 11 is 1.58. The Bertz CT molecular complexity index is 463. The van der Waals surface area contributed by atoms with Gasteiger partial charge >= 0.3 is 7.12 Å². The molecule has 3 N–H and O–H groups in total. The van der Waals surface area contributed by atoms with Crippen LogP contribution in [0.4, 0.5) is 0 Å². The van der Waals surface area contributed by atoms with Crippen molar-refractivity contribution in [3.63, 3.8) is 0 Å². The largest absolute Gasteiger partial charge is 0.544 e. The minimum atomic E-state index is -1.08. The molecule has 0 radical (unpaired) electrons. The number of carboxylic acids is 1. The van der Waals surface area contributed by atoms with E-state index in [4.69, 9.17) is 9.31 Å². The molecule has 4 rings (SSSR count). The molecule has 1 saturated heterocycles. The van der Waals surface area contributed by atoms with E-state index in [2.05, 4.69) is 26.5 Å². The molecule has 7 heteroatoms. The van der Waals surface area contributed by atoms with Crippen molar-refractivity contribution in [1.82, 2.24) is 0 Å². The zero-order valence-corrected chi connectivity index (χ0v) is 14.5. The van der Waals surface area contributed by atoms with Crippen molar-refractivity contribution in [3.8, 4) is 0 Å². The van der Waals surface area contributed by atoms with Crippen LogP contribution in [0.2, 0.25) is 6.32 Å². The molecule has 3 unspecified atom stereocenters. The average Bonchev–Trinajstić information content (AvgIpc) is 2.78. The summed E-state index contributed by atoms with van der Waals surface area (Å²) in [4.78, 5) is 10.6. The quantitative estimate of drug-likeness (QED) is 0.540. The molecule has 3 saturated carbocycles. The van der Waals surface area contributed by atoms with Crippen molar-refractivity contribution in [1.29, 1.82) is 0 Å². The van der Waals surface area contributed by atoms with Gasteiger partial charge in [0.15, 0.2) is 0 Å². The molecule has 0 aromatic carbocycles. The predicted octanol–water partition coefficient (Wildman–Crippen LogP) is -0.192. The van der Waals surface area contributed by atoms with Gasteiger partial charge in [-0.1, -0.05) is 13.8 Å². The third-order valence-corrected chi connectivity index (χ3v) is 7.31. The third kappa shape index (κ3) is 2.60. The van der Waals surface area contributed by atoms with Gasteiger partial charge in [0.1, 0.15) is 6.04 Å². The van der Waals surface area contributed by atoms with Crippen LogP contribution in [0.25, 0.3) is 0 Å². The van der Waals surface area contributed by atoms with Gasteiger partial charge in [0.05, 0.1) is 23.4 Å². The maximum absolute atomic E-state index is 10.6. The van der Waals surface area contributed by atoms with Gasteiger partial charge in [-0.15, -0.1) is 0 Å². The van der Waals surface area contributed by atoms with E-state index in [1.54, 1.807) is 11.8 Å². The van der Waals surface area contributed by atoms with Crippen LogP contribution in [0.15, 0.2) is 0 Å². The number of carboxylic acid groups (broad SMARTS) is 1. The van der Waals surface area contributed by atoms with Gasteiger partial charge in [0, 0.05) is 0 Å². The van der Waals surface area contributed by atoms with Gasteiger partial charge in [0.25, 0.3) is 0 Å². The van der Waals surface area contributed by atoms with Crippen LogP contribution in [0.1, 0.15) is 33.6 Å². The van der Waals surface area contributed by atoms with E-state index >= 15 is 0 Å². The van der Waals surface area contributed by atoms with Crippen LogP contribution in [-0.2, 0) is 14.1 Å². The summed E-state index contributed by atoms with van der Waals surface area (Å²) < 4.78 is 12.5. The van der Waals surface area contributed by atoms with Gasteiger partial charge in [0.2, 0.25) is 0 Å². The number of hydrogen-bond donors (Lipinski definition) is 1. The molecule has 1 heterocycles. The fourth-order valence-corrected chi connectivity index (χ4v) is 5.49. The van der Waals surface area contributed by atoms with Crippen molar-refractivity contribution < 1.29 is 24.9 Å². The number of quaternary nitrogens is 1. The molecule has 124 valence electrons. The lowest BCUT2D eigenvalue weighted by Gasteiger charge is -2.64. The van der Waals surface area contributed by atoms with Gasteiger partial charge < -0.3 is 24.9 Å². The predicted molar refractivity (Wildman–Crippen MR) is 83.9 cm³/mol. The SMILES string of the molecule is CC1(C)C2CC1[C@]1(C)OB(CCSCC([NH3+])C(=O)[O-])O[C@@H]1C2. The fourth-order valence-electron chi connectivity index (χ4n) is 4.55. The molecule has 2 bridgehead atoms. The zero-order chi connectivity index (χ0) is 16.1. The number of hydrogen-bond acceptors (Lipinski definition) is 5. The summed E-state index contributed by atoms with van der Waals surface area (Å²) in [6, 6.07) is -0.650. The van der Waals surface area contributed by atoms with Crippen LogP contribution in [0, 0.1) is 17.3 Å². The second-order valence-corrected chi connectivity index (χ2v) is 8.93. The summed E-state index contributed by atoms with van der Waals surface area (Å²) in [5.41, 5.74) is 3.79. The first-order valence-corrected chi connectivity index (χ1v) is 9.35. The Labute approximate surface area is 136 Å². The zero-order valence-electron chi connectivity index (χ0n) is 13.7. The molecule has 3 aliphatic carbocycles. The first-order chi connectivity index (χ1) is 10.2. The molecular weight excluding hydrogens is 301 g/mol.